The minimum atomic E-state index is -0.401. The van der Waals surface area contributed by atoms with Gasteiger partial charge in [-0.2, -0.15) is 0 Å². The molecule has 0 amide bonds. The molecule has 170 valence electrons. The molecule has 1 aliphatic rings. The van der Waals surface area contributed by atoms with Crippen LogP contribution in [0.1, 0.15) is 62.2 Å². The van der Waals surface area contributed by atoms with Crippen LogP contribution in [0.3, 0.4) is 0 Å². The molecule has 5 rings (SSSR count). The van der Waals surface area contributed by atoms with Gasteiger partial charge >= 0.3 is 0 Å². The number of rotatable bonds is 5. The summed E-state index contributed by atoms with van der Waals surface area (Å²) in [5, 5.41) is 13.9. The second kappa shape index (κ2) is 8.14. The summed E-state index contributed by atoms with van der Waals surface area (Å²) < 4.78 is 1.90. The van der Waals surface area contributed by atoms with Crippen molar-refractivity contribution in [2.75, 3.05) is 11.4 Å². The van der Waals surface area contributed by atoms with Crippen LogP contribution in [-0.4, -0.2) is 31.7 Å². The van der Waals surface area contributed by atoms with Crippen molar-refractivity contribution < 1.29 is 0 Å². The summed E-state index contributed by atoms with van der Waals surface area (Å²) in [6, 6.07) is 16.2. The maximum atomic E-state index is 13.5. The Kier molecular flexibility index (Phi) is 5.27. The molecule has 1 aliphatic heterocycles. The van der Waals surface area contributed by atoms with Gasteiger partial charge in [0.05, 0.1) is 5.54 Å². The molecule has 1 atom stereocenters. The maximum Gasteiger partial charge on any atom is 0.254 e. The number of fused-ring (bicyclic) bond motifs is 2. The summed E-state index contributed by atoms with van der Waals surface area (Å²) in [5.41, 5.74) is 4.65. The van der Waals surface area contributed by atoms with Crippen molar-refractivity contribution in [3.63, 3.8) is 0 Å². The third kappa shape index (κ3) is 3.71. The predicted octanol–water partition coefficient (Wildman–Crippen LogP) is 4.51. The number of tetrazole rings is 1. The van der Waals surface area contributed by atoms with Gasteiger partial charge in [0.1, 0.15) is 6.04 Å². The van der Waals surface area contributed by atoms with E-state index in [2.05, 4.69) is 82.6 Å². The van der Waals surface area contributed by atoms with Crippen LogP contribution in [0.15, 0.2) is 53.3 Å². The molecule has 1 N–H and O–H groups in total. The van der Waals surface area contributed by atoms with E-state index in [0.29, 0.717) is 11.4 Å². The van der Waals surface area contributed by atoms with Gasteiger partial charge in [-0.05, 0) is 85.2 Å². The summed E-state index contributed by atoms with van der Waals surface area (Å²) in [6.45, 7) is 9.23. The number of hydrogen-bond acceptors (Lipinski definition) is 5. The lowest BCUT2D eigenvalue weighted by atomic mass is 9.95. The van der Waals surface area contributed by atoms with Crippen molar-refractivity contribution in [1.82, 2.24) is 25.2 Å². The zero-order valence-corrected chi connectivity index (χ0v) is 19.7. The highest BCUT2D eigenvalue weighted by atomic mass is 16.1. The van der Waals surface area contributed by atoms with Gasteiger partial charge in [0.15, 0.2) is 5.82 Å². The van der Waals surface area contributed by atoms with Crippen molar-refractivity contribution >= 4 is 16.6 Å². The van der Waals surface area contributed by atoms with Crippen molar-refractivity contribution in [2.45, 2.75) is 58.5 Å². The number of H-pyrrole nitrogens is 1. The summed E-state index contributed by atoms with van der Waals surface area (Å²) in [7, 11) is 0. The number of pyridine rings is 1. The first-order chi connectivity index (χ1) is 15.9. The molecule has 0 radical (unpaired) electrons. The van der Waals surface area contributed by atoms with E-state index in [1.165, 1.54) is 5.56 Å². The van der Waals surface area contributed by atoms with E-state index in [0.717, 1.165) is 48.0 Å². The molecule has 0 fully saturated rings. The second-order valence-electron chi connectivity index (χ2n) is 9.59. The Bertz CT molecular complexity index is 1370. The first kappa shape index (κ1) is 21.4. The Hall–Kier alpha value is -3.48. The molecule has 0 saturated heterocycles. The van der Waals surface area contributed by atoms with E-state index in [-0.39, 0.29) is 11.1 Å². The van der Waals surface area contributed by atoms with E-state index in [1.807, 2.05) is 23.7 Å². The van der Waals surface area contributed by atoms with Gasteiger partial charge in [-0.25, -0.2) is 4.68 Å². The lowest BCUT2D eigenvalue weighted by molar-refractivity contribution is 0.287. The molecular weight excluding hydrogens is 412 g/mol. The number of nitrogens with one attached hydrogen (secondary N) is 1. The monoisotopic (exact) mass is 442 g/mol. The number of para-hydroxylation sites is 1. The smallest absolute Gasteiger partial charge is 0.254 e. The van der Waals surface area contributed by atoms with E-state index >= 15 is 0 Å². The lowest BCUT2D eigenvalue weighted by Crippen LogP contribution is -2.40. The molecule has 4 aromatic rings. The van der Waals surface area contributed by atoms with E-state index in [9.17, 15) is 4.79 Å². The van der Waals surface area contributed by atoms with E-state index in [4.69, 9.17) is 0 Å². The first-order valence-corrected chi connectivity index (χ1v) is 11.7. The van der Waals surface area contributed by atoms with Crippen molar-refractivity contribution in [3.05, 3.63) is 81.4 Å². The van der Waals surface area contributed by atoms with Crippen LogP contribution in [0.2, 0.25) is 0 Å². The molecular formula is C26H30N6O. The zero-order chi connectivity index (χ0) is 23.2. The Balaban J connectivity index is 1.77. The van der Waals surface area contributed by atoms with Crippen LogP contribution in [0.25, 0.3) is 10.9 Å². The van der Waals surface area contributed by atoms with Crippen LogP contribution >= 0.6 is 0 Å². The molecule has 0 saturated carbocycles. The highest BCUT2D eigenvalue weighted by Gasteiger charge is 2.36. The molecule has 7 heteroatoms. The maximum absolute atomic E-state index is 13.5. The largest absolute Gasteiger partial charge is 0.357 e. The molecule has 0 unspecified atom stereocenters. The number of nitrogens with zero attached hydrogens (tertiary/aromatic N) is 5. The normalized spacial score (nSPS) is 15.0. The van der Waals surface area contributed by atoms with Crippen LogP contribution in [-0.2, 0) is 12.0 Å². The molecule has 0 spiro atoms. The predicted molar refractivity (Wildman–Crippen MR) is 131 cm³/mol. The number of aryl methyl sites for hydroxylation is 2. The lowest BCUT2D eigenvalue weighted by Gasteiger charge is -2.38. The molecule has 2 aromatic carbocycles. The summed E-state index contributed by atoms with van der Waals surface area (Å²) >= 11 is 0. The number of aromatic amines is 1. The van der Waals surface area contributed by atoms with Gasteiger partial charge in [0.25, 0.3) is 5.56 Å². The molecule has 3 heterocycles. The average Bonchev–Trinajstić information content (AvgIpc) is 3.30. The number of benzene rings is 2. The van der Waals surface area contributed by atoms with Gasteiger partial charge in [0, 0.05) is 23.3 Å². The van der Waals surface area contributed by atoms with Crippen molar-refractivity contribution in [1.29, 1.82) is 0 Å². The van der Waals surface area contributed by atoms with Crippen LogP contribution in [0, 0.1) is 6.92 Å². The fourth-order valence-electron chi connectivity index (χ4n) is 4.76. The Labute approximate surface area is 193 Å². The Morgan fingerprint density at radius 2 is 1.97 bits per heavy atom. The SMILES string of the molecule is CCC(C)(C)n1nnnc1[C@@H](c1cc2ccc(C)cc2[nH]c1=O)N1CCCc2ccccc21. The van der Waals surface area contributed by atoms with Gasteiger partial charge in [-0.1, -0.05) is 37.3 Å². The van der Waals surface area contributed by atoms with Crippen molar-refractivity contribution in [2.24, 2.45) is 0 Å². The first-order valence-electron chi connectivity index (χ1n) is 11.7. The number of hydrogen-bond donors (Lipinski definition) is 1. The van der Waals surface area contributed by atoms with Gasteiger partial charge in [-0.15, -0.1) is 5.10 Å². The summed E-state index contributed by atoms with van der Waals surface area (Å²) in [5.74, 6) is 0.690. The minimum Gasteiger partial charge on any atom is -0.357 e. The standard InChI is InChI=1S/C26H30N6O/c1-5-26(3,4)32-24(28-29-30-32)23(31-14-8-10-18-9-6-7-11-22(18)31)20-16-19-13-12-17(2)15-21(19)27-25(20)33/h6-7,9,11-13,15-16,23H,5,8,10,14H2,1-4H3,(H,27,33)/t23-/m1/s1. The summed E-state index contributed by atoms with van der Waals surface area (Å²) in [6.07, 6.45) is 2.90. The van der Waals surface area contributed by atoms with Crippen LogP contribution in [0.5, 0.6) is 0 Å². The molecule has 7 nitrogen and oxygen atoms in total. The number of aromatic nitrogens is 5. The highest BCUT2D eigenvalue weighted by Crippen LogP contribution is 2.37. The topological polar surface area (TPSA) is 79.7 Å². The highest BCUT2D eigenvalue weighted by molar-refractivity contribution is 5.80. The Morgan fingerprint density at radius 1 is 1.15 bits per heavy atom. The third-order valence-corrected chi connectivity index (χ3v) is 6.96. The fraction of sp³-hybridized carbons (Fsp3) is 0.385. The van der Waals surface area contributed by atoms with Crippen LogP contribution in [0.4, 0.5) is 5.69 Å². The molecule has 0 bridgehead atoms. The third-order valence-electron chi connectivity index (χ3n) is 6.96. The van der Waals surface area contributed by atoms with E-state index in [1.54, 1.807) is 0 Å². The Morgan fingerprint density at radius 3 is 2.79 bits per heavy atom. The number of anilines is 1. The average molecular weight is 443 g/mol. The van der Waals surface area contributed by atoms with Gasteiger partial charge in [0.2, 0.25) is 0 Å². The second-order valence-corrected chi connectivity index (χ2v) is 9.59. The van der Waals surface area contributed by atoms with Gasteiger partial charge in [-0.3, -0.25) is 4.79 Å². The zero-order valence-electron chi connectivity index (χ0n) is 19.7. The van der Waals surface area contributed by atoms with E-state index < -0.39 is 6.04 Å². The van der Waals surface area contributed by atoms with Crippen molar-refractivity contribution in [3.8, 4) is 0 Å². The fourth-order valence-corrected chi connectivity index (χ4v) is 4.76. The molecule has 33 heavy (non-hydrogen) atoms. The molecule has 0 aliphatic carbocycles. The minimum absolute atomic E-state index is 0.106. The summed E-state index contributed by atoms with van der Waals surface area (Å²) in [4.78, 5) is 18.9. The molecule has 2 aromatic heterocycles. The quantitative estimate of drug-likeness (QED) is 0.492. The van der Waals surface area contributed by atoms with Crippen LogP contribution < -0.4 is 10.5 Å². The van der Waals surface area contributed by atoms with Gasteiger partial charge < -0.3 is 9.88 Å².